The molecular weight excluding hydrogens is 231 g/mol. The molecule has 2 fully saturated rings. The maximum atomic E-state index is 11.3. The van der Waals surface area contributed by atoms with Crippen molar-refractivity contribution in [2.75, 3.05) is 0 Å². The van der Waals surface area contributed by atoms with Crippen molar-refractivity contribution in [2.24, 2.45) is 5.92 Å². The molecule has 95 valence electrons. The van der Waals surface area contributed by atoms with E-state index in [9.17, 15) is 4.79 Å². The fourth-order valence-electron chi connectivity index (χ4n) is 2.34. The molecule has 4 heteroatoms. The molecule has 0 saturated heterocycles. The second kappa shape index (κ2) is 4.02. The number of carbonyl (C=O) groups is 1. The molecule has 0 aliphatic heterocycles. The van der Waals surface area contributed by atoms with Crippen molar-refractivity contribution in [3.63, 3.8) is 0 Å². The summed E-state index contributed by atoms with van der Waals surface area (Å²) in [5, 5.41) is 0.199. The van der Waals surface area contributed by atoms with Crippen LogP contribution in [0, 0.1) is 5.92 Å². The molecule has 2 rings (SSSR count). The second-order valence-corrected chi connectivity index (χ2v) is 7.80. The van der Waals surface area contributed by atoms with Crippen LogP contribution in [0.1, 0.15) is 53.4 Å². The van der Waals surface area contributed by atoms with Crippen LogP contribution in [0.25, 0.3) is 0 Å². The summed E-state index contributed by atoms with van der Waals surface area (Å²) in [7, 11) is 2.02. The Morgan fingerprint density at radius 1 is 1.41 bits per heavy atom. The van der Waals surface area contributed by atoms with Crippen molar-refractivity contribution in [1.82, 2.24) is 0 Å². The van der Waals surface area contributed by atoms with Gasteiger partial charge in [-0.2, -0.15) is 12.6 Å². The van der Waals surface area contributed by atoms with Crippen LogP contribution in [0.4, 0.5) is 0 Å². The van der Waals surface area contributed by atoms with Crippen LogP contribution in [0.2, 0.25) is 5.31 Å². The summed E-state index contributed by atoms with van der Waals surface area (Å²) >= 11 is 4.59. The fraction of sp³-hybridized carbons (Fsp3) is 0.923. The summed E-state index contributed by atoms with van der Waals surface area (Å²) in [5.41, 5.74) is -0.292. The first kappa shape index (κ1) is 13.5. The number of rotatable bonds is 4. The van der Waals surface area contributed by atoms with Gasteiger partial charge in [0.2, 0.25) is 0 Å². The lowest BCUT2D eigenvalue weighted by atomic mass is 9.67. The third kappa shape index (κ3) is 2.58. The highest BCUT2D eigenvalue weighted by molar-refractivity contribution is 7.81. The second-order valence-electron chi connectivity index (χ2n) is 6.68. The Bertz CT molecular complexity index is 335. The zero-order chi connectivity index (χ0) is 12.9. The summed E-state index contributed by atoms with van der Waals surface area (Å²) < 4.78 is 5.82. The molecule has 0 bridgehead atoms. The van der Waals surface area contributed by atoms with E-state index < -0.39 is 0 Å². The quantitative estimate of drug-likeness (QED) is 0.615. The Morgan fingerprint density at radius 3 is 2.59 bits per heavy atom. The van der Waals surface area contributed by atoms with Crippen LogP contribution in [0.15, 0.2) is 0 Å². The third-order valence-corrected chi connectivity index (χ3v) is 5.22. The van der Waals surface area contributed by atoms with Gasteiger partial charge in [0.05, 0.1) is 5.60 Å². The smallest absolute Gasteiger partial charge is 0.300 e. The monoisotopic (exact) mass is 253 g/mol. The summed E-state index contributed by atoms with van der Waals surface area (Å²) in [6, 6.07) is 0. The lowest BCUT2D eigenvalue weighted by Gasteiger charge is -2.39. The highest BCUT2D eigenvalue weighted by atomic mass is 32.1. The molecule has 2 aliphatic rings. The number of thiol groups is 1. The van der Waals surface area contributed by atoms with Gasteiger partial charge in [0.15, 0.2) is 0 Å². The molecule has 0 spiro atoms. The summed E-state index contributed by atoms with van der Waals surface area (Å²) in [6.45, 7) is 8.27. The van der Waals surface area contributed by atoms with Gasteiger partial charge in [-0.05, 0) is 51.8 Å². The SMILES string of the molecule is CC(C)(S)C(C)(C)O[B]C12CCC(=O)CC1C2. The van der Waals surface area contributed by atoms with Crippen LogP contribution >= 0.6 is 12.6 Å². The molecule has 1 radical (unpaired) electrons. The molecule has 2 atom stereocenters. The predicted molar refractivity (Wildman–Crippen MR) is 73.6 cm³/mol. The van der Waals surface area contributed by atoms with Crippen molar-refractivity contribution >= 4 is 25.9 Å². The van der Waals surface area contributed by atoms with E-state index in [-0.39, 0.29) is 15.7 Å². The van der Waals surface area contributed by atoms with Crippen molar-refractivity contribution in [2.45, 2.75) is 69.0 Å². The molecule has 17 heavy (non-hydrogen) atoms. The van der Waals surface area contributed by atoms with Crippen LogP contribution in [-0.4, -0.2) is 23.6 Å². The van der Waals surface area contributed by atoms with Gasteiger partial charge in [0.25, 0.3) is 7.48 Å². The summed E-state index contributed by atoms with van der Waals surface area (Å²) in [5.74, 6) is 0.966. The highest BCUT2D eigenvalue weighted by Crippen LogP contribution is 2.66. The van der Waals surface area contributed by atoms with E-state index in [1.807, 2.05) is 7.48 Å². The molecule has 2 unspecified atom stereocenters. The number of hydrogen-bond acceptors (Lipinski definition) is 3. The van der Waals surface area contributed by atoms with Crippen molar-refractivity contribution in [3.8, 4) is 0 Å². The predicted octanol–water partition coefficient (Wildman–Crippen LogP) is 3.04. The van der Waals surface area contributed by atoms with Crippen LogP contribution in [-0.2, 0) is 9.45 Å². The Morgan fingerprint density at radius 2 is 2.06 bits per heavy atom. The molecule has 0 aromatic rings. The Kier molecular flexibility index (Phi) is 3.19. The van der Waals surface area contributed by atoms with E-state index in [4.69, 9.17) is 4.65 Å². The first-order valence-corrected chi connectivity index (χ1v) is 6.87. The van der Waals surface area contributed by atoms with Crippen molar-refractivity contribution < 1.29 is 9.45 Å². The molecule has 2 aliphatic carbocycles. The van der Waals surface area contributed by atoms with E-state index >= 15 is 0 Å². The van der Waals surface area contributed by atoms with Gasteiger partial charge in [-0.15, -0.1) is 0 Å². The molecule has 2 saturated carbocycles. The average molecular weight is 253 g/mol. The maximum Gasteiger partial charge on any atom is 0.300 e. The summed E-state index contributed by atoms with van der Waals surface area (Å²) in [4.78, 5) is 11.3. The minimum absolute atomic E-state index is 0.186. The van der Waals surface area contributed by atoms with Crippen LogP contribution in [0.5, 0.6) is 0 Å². The molecular formula is C13H22BO2S. The van der Waals surface area contributed by atoms with Gasteiger partial charge in [0, 0.05) is 17.6 Å². The zero-order valence-corrected chi connectivity index (χ0v) is 12.1. The van der Waals surface area contributed by atoms with Gasteiger partial charge >= 0.3 is 0 Å². The van der Waals surface area contributed by atoms with Crippen LogP contribution < -0.4 is 0 Å². The standard InChI is InChI=1S/C13H22BO2S/c1-11(2,12(3,4)17)16-14-13-6-5-10(15)7-9(13)8-13/h9,17H,5-8H2,1-4H3. The van der Waals surface area contributed by atoms with Gasteiger partial charge < -0.3 is 4.65 Å². The Hall–Kier alpha value is 0.0449. The van der Waals surface area contributed by atoms with E-state index in [2.05, 4.69) is 40.3 Å². The number of carbonyl (C=O) groups excluding carboxylic acids is 1. The molecule has 0 N–H and O–H groups in total. The van der Waals surface area contributed by atoms with Gasteiger partial charge in [0.1, 0.15) is 5.78 Å². The topological polar surface area (TPSA) is 26.3 Å². The van der Waals surface area contributed by atoms with Crippen molar-refractivity contribution in [1.29, 1.82) is 0 Å². The lowest BCUT2D eigenvalue weighted by molar-refractivity contribution is -0.120. The largest absolute Gasteiger partial charge is 0.434 e. The van der Waals surface area contributed by atoms with E-state index in [1.165, 1.54) is 0 Å². The van der Waals surface area contributed by atoms with Crippen LogP contribution in [0.3, 0.4) is 0 Å². The normalized spacial score (nSPS) is 33.2. The fourth-order valence-corrected chi connectivity index (χ4v) is 2.40. The third-order valence-electron chi connectivity index (χ3n) is 4.68. The molecule has 0 aromatic heterocycles. The van der Waals surface area contributed by atoms with Gasteiger partial charge in [-0.1, -0.05) is 0 Å². The molecule has 0 heterocycles. The first-order valence-electron chi connectivity index (χ1n) is 6.43. The van der Waals surface area contributed by atoms with Gasteiger partial charge in [-0.25, -0.2) is 0 Å². The van der Waals surface area contributed by atoms with Crippen molar-refractivity contribution in [3.05, 3.63) is 0 Å². The Balaban J connectivity index is 1.90. The number of ketones is 1. The minimum Gasteiger partial charge on any atom is -0.434 e. The summed E-state index contributed by atoms with van der Waals surface area (Å²) in [6.07, 6.45) is 3.58. The molecule has 0 amide bonds. The average Bonchev–Trinajstić information content (AvgIpc) is 2.87. The number of hydrogen-bond donors (Lipinski definition) is 1. The van der Waals surface area contributed by atoms with E-state index in [0.29, 0.717) is 11.7 Å². The van der Waals surface area contributed by atoms with E-state index in [1.54, 1.807) is 0 Å². The maximum absolute atomic E-state index is 11.3. The minimum atomic E-state index is -0.292. The highest BCUT2D eigenvalue weighted by Gasteiger charge is 2.58. The first-order chi connectivity index (χ1) is 7.66. The number of Topliss-reactive ketones (excluding diaryl/α,β-unsaturated/α-hetero) is 1. The molecule has 0 aromatic carbocycles. The van der Waals surface area contributed by atoms with E-state index in [0.717, 1.165) is 25.7 Å². The Labute approximate surface area is 111 Å². The zero-order valence-electron chi connectivity index (χ0n) is 11.2. The number of fused-ring (bicyclic) bond motifs is 1. The molecule has 2 nitrogen and oxygen atoms in total. The lowest BCUT2D eigenvalue weighted by Crippen LogP contribution is -2.45. The van der Waals surface area contributed by atoms with Gasteiger partial charge in [-0.3, -0.25) is 4.79 Å².